The monoisotopic (exact) mass is 544 g/mol. The van der Waals surface area contributed by atoms with E-state index in [1.54, 1.807) is 32.0 Å². The highest BCUT2D eigenvalue weighted by atomic mass is 16.5. The summed E-state index contributed by atoms with van der Waals surface area (Å²) in [5, 5.41) is 14.8. The van der Waals surface area contributed by atoms with Crippen LogP contribution in [-0.4, -0.2) is 60.1 Å². The van der Waals surface area contributed by atoms with Crippen molar-refractivity contribution in [3.8, 4) is 11.5 Å². The molecule has 0 radical (unpaired) electrons. The molecule has 6 rings (SSSR count). The second kappa shape index (κ2) is 9.23. The Kier molecular flexibility index (Phi) is 5.91. The average Bonchev–Trinajstić information content (AvgIpc) is 3.29. The fraction of sp³-hybridized carbons (Fsp3) is 0.310. The van der Waals surface area contributed by atoms with Crippen molar-refractivity contribution in [1.82, 2.24) is 9.88 Å². The van der Waals surface area contributed by atoms with Gasteiger partial charge in [-0.1, -0.05) is 0 Å². The van der Waals surface area contributed by atoms with Crippen LogP contribution >= 0.6 is 0 Å². The van der Waals surface area contributed by atoms with Crippen molar-refractivity contribution in [3.63, 3.8) is 0 Å². The lowest BCUT2D eigenvalue weighted by atomic mass is 9.99. The molecule has 3 aromatic carbocycles. The lowest BCUT2D eigenvalue weighted by molar-refractivity contribution is -0.131. The zero-order valence-electron chi connectivity index (χ0n) is 22.8. The maximum absolute atomic E-state index is 13.5. The van der Waals surface area contributed by atoms with Gasteiger partial charge in [0.1, 0.15) is 28.1 Å². The SMILES string of the molecule is CC(=O)Nc1c(O)c2c(=O)c(C)c3oc(C)cc3c2c2nc3c(OC(C)=O)cc(N4CCN(C)CC4)cc3oc12. The molecule has 206 valence electrons. The van der Waals surface area contributed by atoms with Crippen molar-refractivity contribution < 1.29 is 28.3 Å². The summed E-state index contributed by atoms with van der Waals surface area (Å²) in [6.45, 7) is 9.21. The molecule has 5 aromatic rings. The number of aryl methyl sites for hydroxylation is 2. The highest BCUT2D eigenvalue weighted by Crippen LogP contribution is 2.45. The van der Waals surface area contributed by atoms with Gasteiger partial charge in [-0.05, 0) is 27.0 Å². The van der Waals surface area contributed by atoms with Crippen molar-refractivity contribution in [2.24, 2.45) is 0 Å². The van der Waals surface area contributed by atoms with E-state index in [-0.39, 0.29) is 39.0 Å². The van der Waals surface area contributed by atoms with E-state index >= 15 is 0 Å². The molecular weight excluding hydrogens is 516 g/mol. The zero-order valence-corrected chi connectivity index (χ0v) is 22.8. The molecule has 3 heterocycles. The van der Waals surface area contributed by atoms with Crippen LogP contribution in [-0.2, 0) is 9.59 Å². The van der Waals surface area contributed by atoms with E-state index in [0.717, 1.165) is 31.9 Å². The number of benzene rings is 3. The largest absolute Gasteiger partial charge is 0.505 e. The molecular formula is C29H28N4O7. The van der Waals surface area contributed by atoms with Crippen LogP contribution in [0, 0.1) is 13.8 Å². The molecule has 0 spiro atoms. The first-order chi connectivity index (χ1) is 19.0. The van der Waals surface area contributed by atoms with Crippen LogP contribution in [0.1, 0.15) is 25.2 Å². The number of furan rings is 1. The molecule has 1 aliphatic heterocycles. The van der Waals surface area contributed by atoms with Gasteiger partial charge in [-0.3, -0.25) is 14.4 Å². The number of phenolic OH excluding ortho intramolecular Hbond substituents is 1. The van der Waals surface area contributed by atoms with Gasteiger partial charge in [0.05, 0.1) is 5.39 Å². The van der Waals surface area contributed by atoms with E-state index in [1.165, 1.54) is 13.8 Å². The van der Waals surface area contributed by atoms with Crippen LogP contribution in [0.4, 0.5) is 11.4 Å². The third kappa shape index (κ3) is 4.01. The molecule has 2 aromatic heterocycles. The Bertz CT molecular complexity index is 1950. The highest BCUT2D eigenvalue weighted by Gasteiger charge is 2.27. The molecule has 1 amide bonds. The molecule has 11 nitrogen and oxygen atoms in total. The van der Waals surface area contributed by atoms with E-state index in [4.69, 9.17) is 18.6 Å². The maximum Gasteiger partial charge on any atom is 0.308 e. The van der Waals surface area contributed by atoms with E-state index in [9.17, 15) is 19.5 Å². The van der Waals surface area contributed by atoms with Gasteiger partial charge in [-0.15, -0.1) is 0 Å². The standard InChI is InChI=1S/C29H28N4O7/c1-13-10-18-21-22(26(36)14(2)28(18)38-13)27(37)25(30-15(3)34)29-24(21)31-23-19(39-16(4)35)11-17(12-20(23)40-29)33-8-6-32(5)7-9-33/h10-12,37H,6-9H2,1-5H3,(H,30,34). The molecule has 0 bridgehead atoms. The number of ether oxygens (including phenoxy) is 1. The number of phenols is 1. The molecule has 1 fully saturated rings. The van der Waals surface area contributed by atoms with Crippen molar-refractivity contribution >= 4 is 67.2 Å². The zero-order chi connectivity index (χ0) is 28.5. The van der Waals surface area contributed by atoms with Gasteiger partial charge in [-0.2, -0.15) is 0 Å². The van der Waals surface area contributed by atoms with Crippen LogP contribution in [0.2, 0.25) is 0 Å². The van der Waals surface area contributed by atoms with E-state index < -0.39 is 23.1 Å². The van der Waals surface area contributed by atoms with Crippen molar-refractivity contribution in [2.75, 3.05) is 43.4 Å². The number of likely N-dealkylation sites (N-methyl/N-ethyl adjacent to an activating group) is 1. The maximum atomic E-state index is 13.5. The number of esters is 1. The van der Waals surface area contributed by atoms with E-state index in [2.05, 4.69) is 22.2 Å². The van der Waals surface area contributed by atoms with Gasteiger partial charge >= 0.3 is 5.97 Å². The summed E-state index contributed by atoms with van der Waals surface area (Å²) in [6.07, 6.45) is 0. The third-order valence-corrected chi connectivity index (χ3v) is 7.32. The second-order valence-electron chi connectivity index (χ2n) is 10.3. The van der Waals surface area contributed by atoms with Crippen LogP contribution in [0.5, 0.6) is 11.5 Å². The molecule has 0 atom stereocenters. The first kappa shape index (κ1) is 25.6. The van der Waals surface area contributed by atoms with Gasteiger partial charge in [0.15, 0.2) is 28.1 Å². The number of amides is 1. The topological polar surface area (TPSA) is 138 Å². The lowest BCUT2D eigenvalue weighted by Crippen LogP contribution is -2.44. The molecule has 0 unspecified atom stereocenters. The number of anilines is 2. The van der Waals surface area contributed by atoms with Crippen molar-refractivity contribution in [3.05, 3.63) is 39.7 Å². The summed E-state index contributed by atoms with van der Waals surface area (Å²) in [7, 11) is 2.06. The Morgan fingerprint density at radius 1 is 1.00 bits per heavy atom. The minimum atomic E-state index is -0.529. The van der Waals surface area contributed by atoms with Crippen LogP contribution in [0.3, 0.4) is 0 Å². The van der Waals surface area contributed by atoms with Crippen molar-refractivity contribution in [1.29, 1.82) is 0 Å². The summed E-state index contributed by atoms with van der Waals surface area (Å²) < 4.78 is 17.8. The summed E-state index contributed by atoms with van der Waals surface area (Å²) >= 11 is 0. The quantitative estimate of drug-likeness (QED) is 0.112. The third-order valence-electron chi connectivity index (χ3n) is 7.32. The van der Waals surface area contributed by atoms with E-state index in [0.29, 0.717) is 27.7 Å². The average molecular weight is 545 g/mol. The van der Waals surface area contributed by atoms with Gasteiger partial charge in [0.25, 0.3) is 0 Å². The molecule has 0 aliphatic carbocycles. The van der Waals surface area contributed by atoms with Gasteiger partial charge in [0, 0.05) is 74.2 Å². The molecule has 1 aliphatic rings. The molecule has 1 saturated heterocycles. The highest BCUT2D eigenvalue weighted by molar-refractivity contribution is 6.24. The number of hydrogen-bond donors (Lipinski definition) is 2. The Labute approximate surface area is 227 Å². The summed E-state index contributed by atoms with van der Waals surface area (Å²) in [5.74, 6) is -0.660. The fourth-order valence-electron chi connectivity index (χ4n) is 5.41. The minimum absolute atomic E-state index is 0.0211. The normalized spacial score (nSPS) is 14.5. The number of piperazine rings is 1. The van der Waals surface area contributed by atoms with E-state index in [1.807, 2.05) is 0 Å². The van der Waals surface area contributed by atoms with Gasteiger partial charge < -0.3 is 33.8 Å². The summed E-state index contributed by atoms with van der Waals surface area (Å²) in [6, 6.07) is 5.31. The number of aromatic hydroxyl groups is 1. The van der Waals surface area contributed by atoms with Crippen LogP contribution < -0.4 is 20.4 Å². The predicted molar refractivity (Wildman–Crippen MR) is 152 cm³/mol. The number of hydrogen-bond acceptors (Lipinski definition) is 10. The number of fused-ring (bicyclic) bond motifs is 6. The molecule has 2 N–H and O–H groups in total. The summed E-state index contributed by atoms with van der Waals surface area (Å²) in [4.78, 5) is 47.0. The van der Waals surface area contributed by atoms with Crippen LogP contribution in [0.25, 0.3) is 43.9 Å². The predicted octanol–water partition coefficient (Wildman–Crippen LogP) is 4.20. The lowest BCUT2D eigenvalue weighted by Gasteiger charge is -2.34. The number of aromatic nitrogens is 1. The second-order valence-corrected chi connectivity index (χ2v) is 10.3. The Balaban J connectivity index is 1.77. The van der Waals surface area contributed by atoms with Crippen LogP contribution in [0.15, 0.2) is 31.8 Å². The number of rotatable bonds is 3. The smallest absolute Gasteiger partial charge is 0.308 e. The summed E-state index contributed by atoms with van der Waals surface area (Å²) in [5.41, 5.74) is 1.73. The van der Waals surface area contributed by atoms with Gasteiger partial charge in [0.2, 0.25) is 5.91 Å². The Morgan fingerprint density at radius 3 is 2.40 bits per heavy atom. The first-order valence-electron chi connectivity index (χ1n) is 12.9. The van der Waals surface area contributed by atoms with Crippen molar-refractivity contribution in [2.45, 2.75) is 27.7 Å². The number of carbonyl (C=O) groups excluding carboxylic acids is 2. The Hall–Kier alpha value is -4.64. The molecule has 0 saturated carbocycles. The first-order valence-corrected chi connectivity index (χ1v) is 12.9. The fourth-order valence-corrected chi connectivity index (χ4v) is 5.41. The van der Waals surface area contributed by atoms with Gasteiger partial charge in [-0.25, -0.2) is 4.98 Å². The number of carbonyl (C=O) groups is 2. The molecule has 11 heteroatoms. The molecule has 40 heavy (non-hydrogen) atoms. The minimum Gasteiger partial charge on any atom is -0.505 e. The number of nitrogens with zero attached hydrogens (tertiary/aromatic N) is 3. The number of nitrogens with one attached hydrogen (secondary N) is 1. The Morgan fingerprint density at radius 2 is 1.73 bits per heavy atom.